The van der Waals surface area contributed by atoms with Crippen LogP contribution in [0.4, 0.5) is 4.79 Å². The summed E-state index contributed by atoms with van der Waals surface area (Å²) in [4.78, 5) is 34.5. The van der Waals surface area contributed by atoms with Gasteiger partial charge in [0.05, 0.1) is 17.9 Å². The van der Waals surface area contributed by atoms with Gasteiger partial charge in [-0.2, -0.15) is 0 Å². The Balaban J connectivity index is 2.18. The van der Waals surface area contributed by atoms with E-state index in [4.69, 9.17) is 56.5 Å². The molecule has 1 N–H and O–H groups in total. The van der Waals surface area contributed by atoms with Crippen molar-refractivity contribution < 1.29 is 28.6 Å². The smallest absolute Gasteiger partial charge is 0.461 e. The fraction of sp³-hybridized carbons (Fsp3) is 0.625. The molecule has 0 radical (unpaired) electrons. The van der Waals surface area contributed by atoms with Gasteiger partial charge < -0.3 is 19.5 Å². The van der Waals surface area contributed by atoms with Gasteiger partial charge in [-0.15, -0.1) is 11.8 Å². The lowest BCUT2D eigenvalue weighted by Gasteiger charge is -2.35. The second-order valence-electron chi connectivity index (χ2n) is 5.62. The fourth-order valence-corrected chi connectivity index (χ4v) is 4.79. The number of β-lactam (4-membered cyclic amide) rings is 1. The summed E-state index contributed by atoms with van der Waals surface area (Å²) >= 11 is 24.5. The van der Waals surface area contributed by atoms with Gasteiger partial charge in [0.15, 0.2) is 0 Å². The van der Waals surface area contributed by atoms with Gasteiger partial charge in [0.2, 0.25) is 9.70 Å². The lowest BCUT2D eigenvalue weighted by atomic mass is 9.98. The molecule has 29 heavy (non-hydrogen) atoms. The number of nitrogens with one attached hydrogen (secondary N) is 1. The third kappa shape index (κ3) is 12.1. The van der Waals surface area contributed by atoms with E-state index in [1.54, 1.807) is 0 Å². The highest BCUT2D eigenvalue weighted by molar-refractivity contribution is 8.47. The van der Waals surface area contributed by atoms with E-state index in [9.17, 15) is 14.4 Å². The first-order valence-electron chi connectivity index (χ1n) is 8.39. The molecule has 0 aromatic heterocycles. The van der Waals surface area contributed by atoms with Crippen LogP contribution in [-0.4, -0.2) is 56.3 Å². The minimum absolute atomic E-state index is 0.0133. The zero-order valence-corrected chi connectivity index (χ0v) is 19.9. The minimum Gasteiger partial charge on any atom is -0.461 e. The van der Waals surface area contributed by atoms with E-state index in [0.29, 0.717) is 28.5 Å². The number of halogens is 3. The average Bonchev–Trinajstić information content (AvgIpc) is 2.64. The summed E-state index contributed by atoms with van der Waals surface area (Å²) in [6, 6.07) is 0. The number of rotatable bonds is 11. The lowest BCUT2D eigenvalue weighted by molar-refractivity contribution is -0.142. The molecule has 0 bridgehead atoms. The van der Waals surface area contributed by atoms with Crippen molar-refractivity contribution in [3.05, 3.63) is 12.7 Å². The zero-order chi connectivity index (χ0) is 21.9. The first-order valence-corrected chi connectivity index (χ1v) is 11.8. The van der Waals surface area contributed by atoms with Crippen LogP contribution in [0.5, 0.6) is 0 Å². The molecule has 1 aliphatic heterocycles. The summed E-state index contributed by atoms with van der Waals surface area (Å²) in [5.41, 5.74) is 0. The van der Waals surface area contributed by atoms with Crippen LogP contribution in [-0.2, 0) is 23.8 Å². The summed E-state index contributed by atoms with van der Waals surface area (Å²) in [6.07, 6.45) is 1.79. The summed E-state index contributed by atoms with van der Waals surface area (Å²) in [5, 5.41) is 2.56. The van der Waals surface area contributed by atoms with Gasteiger partial charge in [0.1, 0.15) is 16.7 Å². The Labute approximate surface area is 197 Å². The Morgan fingerprint density at radius 1 is 1.28 bits per heavy atom. The van der Waals surface area contributed by atoms with Gasteiger partial charge >= 0.3 is 12.1 Å². The number of alkyl halides is 3. The quantitative estimate of drug-likeness (QED) is 0.106. The van der Waals surface area contributed by atoms with Crippen molar-refractivity contribution in [3.8, 4) is 0 Å². The van der Waals surface area contributed by atoms with Crippen LogP contribution in [0.15, 0.2) is 12.7 Å². The van der Waals surface area contributed by atoms with E-state index in [1.165, 1.54) is 29.6 Å². The number of carbonyl (C=O) groups is 3. The Morgan fingerprint density at radius 3 is 2.62 bits per heavy atom. The van der Waals surface area contributed by atoms with Crippen LogP contribution >= 0.6 is 70.5 Å². The molecule has 0 aromatic rings. The number of esters is 1. The predicted molar refractivity (Wildman–Crippen MR) is 121 cm³/mol. The largest absolute Gasteiger partial charge is 0.508 e. The molecule has 0 aromatic carbocycles. The average molecular weight is 525 g/mol. The summed E-state index contributed by atoms with van der Waals surface area (Å²) < 4.78 is 13.3. The van der Waals surface area contributed by atoms with Crippen LogP contribution < -0.4 is 5.32 Å². The molecule has 0 aliphatic carbocycles. The maximum absolute atomic E-state index is 11.7. The van der Waals surface area contributed by atoms with Crippen LogP contribution in [0.25, 0.3) is 0 Å². The second kappa shape index (κ2) is 13.8. The molecular weight excluding hydrogens is 505 g/mol. The highest BCUT2D eigenvalue weighted by Gasteiger charge is 2.40. The molecule has 1 rings (SSSR count). The van der Waals surface area contributed by atoms with Crippen molar-refractivity contribution in [1.82, 2.24) is 5.32 Å². The maximum atomic E-state index is 11.7. The van der Waals surface area contributed by atoms with Gasteiger partial charge in [0, 0.05) is 6.42 Å². The number of thioether (sulfide) groups is 2. The molecule has 1 saturated heterocycles. The van der Waals surface area contributed by atoms with Crippen molar-refractivity contribution in [2.24, 2.45) is 5.92 Å². The monoisotopic (exact) mass is 523 g/mol. The molecule has 1 amide bonds. The third-order valence-electron chi connectivity index (χ3n) is 3.32. The fourth-order valence-electron chi connectivity index (χ4n) is 1.97. The van der Waals surface area contributed by atoms with E-state index in [-0.39, 0.29) is 36.4 Å². The molecule has 1 fully saturated rings. The standard InChI is InChI=1S/C16H20Cl3NO6S3/c1-2-6-24-11(21)4-3-8-28-15(27)29-13-10(12(22)20-13)5-7-25-14(23)26-9-16(17,18)19/h2,10,13H,1,3-9H2,(H,20,22)/t10-,13+/m0/s1. The van der Waals surface area contributed by atoms with E-state index in [2.05, 4.69) is 16.6 Å². The van der Waals surface area contributed by atoms with Gasteiger partial charge in [0.25, 0.3) is 0 Å². The lowest BCUT2D eigenvalue weighted by Crippen LogP contribution is -2.56. The molecule has 0 spiro atoms. The predicted octanol–water partition coefficient (Wildman–Crippen LogP) is 4.23. The van der Waals surface area contributed by atoms with E-state index < -0.39 is 16.6 Å². The maximum Gasteiger partial charge on any atom is 0.508 e. The zero-order valence-electron chi connectivity index (χ0n) is 15.2. The van der Waals surface area contributed by atoms with Crippen LogP contribution in [0, 0.1) is 5.92 Å². The third-order valence-corrected chi connectivity index (χ3v) is 6.55. The van der Waals surface area contributed by atoms with Crippen LogP contribution in [0.3, 0.4) is 0 Å². The van der Waals surface area contributed by atoms with Crippen LogP contribution in [0.2, 0.25) is 0 Å². The normalized spacial score (nSPS) is 18.2. The Morgan fingerprint density at radius 2 is 2.00 bits per heavy atom. The topological polar surface area (TPSA) is 90.9 Å². The number of carbonyl (C=O) groups excluding carboxylic acids is 3. The van der Waals surface area contributed by atoms with Crippen molar-refractivity contribution in [1.29, 1.82) is 0 Å². The highest BCUT2D eigenvalue weighted by atomic mass is 35.6. The van der Waals surface area contributed by atoms with Crippen LogP contribution in [0.1, 0.15) is 19.3 Å². The number of amides is 1. The first kappa shape index (κ1) is 26.6. The summed E-state index contributed by atoms with van der Waals surface area (Å²) in [7, 11) is 0. The van der Waals surface area contributed by atoms with Gasteiger partial charge in [-0.3, -0.25) is 9.59 Å². The molecule has 0 unspecified atom stereocenters. The number of thiocarbonyl (C=S) groups is 1. The molecule has 13 heteroatoms. The number of hydrogen-bond donors (Lipinski definition) is 1. The molecule has 0 saturated carbocycles. The second-order valence-corrected chi connectivity index (χ2v) is 11.6. The van der Waals surface area contributed by atoms with Gasteiger partial charge in [-0.25, -0.2) is 4.79 Å². The van der Waals surface area contributed by atoms with E-state index >= 15 is 0 Å². The van der Waals surface area contributed by atoms with E-state index in [1.807, 2.05) is 0 Å². The van der Waals surface area contributed by atoms with Crippen molar-refractivity contribution in [2.75, 3.05) is 25.6 Å². The Bertz CT molecular complexity index is 617. The number of ether oxygens (including phenoxy) is 3. The Kier molecular flexibility index (Phi) is 12.7. The van der Waals surface area contributed by atoms with E-state index in [0.717, 1.165) is 0 Å². The summed E-state index contributed by atoms with van der Waals surface area (Å²) in [6.45, 7) is 3.23. The molecule has 7 nitrogen and oxygen atoms in total. The molecule has 1 aliphatic rings. The van der Waals surface area contributed by atoms with Crippen molar-refractivity contribution in [2.45, 2.75) is 28.4 Å². The van der Waals surface area contributed by atoms with Crippen molar-refractivity contribution >= 4 is 92.1 Å². The van der Waals surface area contributed by atoms with Gasteiger partial charge in [-0.1, -0.05) is 71.4 Å². The minimum atomic E-state index is -1.71. The molecule has 164 valence electrons. The summed E-state index contributed by atoms with van der Waals surface area (Å²) in [5.74, 6) is -0.0897. The molecular formula is C16H20Cl3NO6S3. The van der Waals surface area contributed by atoms with Crippen molar-refractivity contribution in [3.63, 3.8) is 0 Å². The van der Waals surface area contributed by atoms with Gasteiger partial charge in [-0.05, 0) is 18.6 Å². The SMILES string of the molecule is C=CCOC(=O)CCCSC(=S)S[C@H]1NC(=O)[C@@H]1CCOC(=O)OCC(Cl)(Cl)Cl. The number of hydrogen-bond acceptors (Lipinski definition) is 9. The molecule has 2 atom stereocenters. The molecule has 1 heterocycles. The Hall–Kier alpha value is -0.390. The first-order chi connectivity index (χ1) is 13.6. The highest BCUT2D eigenvalue weighted by Crippen LogP contribution is 2.33.